The van der Waals surface area contributed by atoms with Gasteiger partial charge in [-0.1, -0.05) is 18.6 Å². The van der Waals surface area contributed by atoms with Crippen molar-refractivity contribution >= 4 is 33.5 Å². The largest absolute Gasteiger partial charge is 0.452 e. The van der Waals surface area contributed by atoms with E-state index in [1.54, 1.807) is 0 Å². The van der Waals surface area contributed by atoms with Crippen molar-refractivity contribution in [3.63, 3.8) is 0 Å². The highest BCUT2D eigenvalue weighted by Gasteiger charge is 2.22. The van der Waals surface area contributed by atoms with Gasteiger partial charge in [0.2, 0.25) is 5.91 Å². The number of methoxy groups -OCH3 is 1. The van der Waals surface area contributed by atoms with Crippen molar-refractivity contribution in [1.82, 2.24) is 0 Å². The summed E-state index contributed by atoms with van der Waals surface area (Å²) in [5.41, 5.74) is 0.0100. The Labute approximate surface area is 170 Å². The number of unbranched alkanes of at least 4 members (excludes halogenated alkanes) is 2. The van der Waals surface area contributed by atoms with E-state index in [1.165, 1.54) is 45.2 Å². The first-order valence-electron chi connectivity index (χ1n) is 9.16. The third-order valence-corrected chi connectivity index (χ3v) is 5.12. The molecular weight excluding hydrogens is 402 g/mol. The number of hydrogen-bond acceptors (Lipinski definition) is 7. The van der Waals surface area contributed by atoms with Crippen LogP contribution in [0.1, 0.15) is 46.0 Å². The highest BCUT2D eigenvalue weighted by molar-refractivity contribution is 7.86. The molecule has 0 spiro atoms. The molecule has 1 aromatic rings. The van der Waals surface area contributed by atoms with Gasteiger partial charge in [0.1, 0.15) is 4.90 Å². The van der Waals surface area contributed by atoms with Crippen LogP contribution in [0.4, 0.5) is 5.69 Å². The molecule has 1 rings (SSSR count). The first-order valence-corrected chi connectivity index (χ1v) is 10.6. The second-order valence-corrected chi connectivity index (χ2v) is 7.92. The number of Topliss-reactive ketones (excluding diaryl/α,β-unsaturated/α-hetero) is 1. The normalized spacial score (nSPS) is 13.4. The molecule has 0 saturated heterocycles. The maximum atomic E-state index is 12.0. The number of hydrogen-bond donors (Lipinski definition) is 2. The lowest BCUT2D eigenvalue weighted by Gasteiger charge is -2.17. The van der Waals surface area contributed by atoms with Crippen molar-refractivity contribution in [1.29, 1.82) is 0 Å². The van der Waals surface area contributed by atoms with Gasteiger partial charge in [-0.2, -0.15) is 8.42 Å². The van der Waals surface area contributed by atoms with Crippen LogP contribution >= 0.6 is 0 Å². The molecule has 1 amide bonds. The van der Waals surface area contributed by atoms with Gasteiger partial charge >= 0.3 is 5.97 Å². The quantitative estimate of drug-likeness (QED) is 0.294. The Bertz CT molecular complexity index is 821. The van der Waals surface area contributed by atoms with Crippen LogP contribution < -0.4 is 5.32 Å². The standard InChI is InChI=1S/C19H27NO8S/c1-13(21)16(28-19(23)14(2)27-3)10-5-4-6-12-18(22)20-15-9-7-8-11-17(15)29(24,25)26/h7-9,11,14,16H,4-6,10,12H2,1-3H3,(H,20,22)(H,24,25,26). The van der Waals surface area contributed by atoms with Crippen molar-refractivity contribution in [2.75, 3.05) is 12.4 Å². The number of nitrogens with one attached hydrogen (secondary N) is 1. The number of rotatable bonds is 12. The fourth-order valence-electron chi connectivity index (χ4n) is 2.48. The Hall–Kier alpha value is -2.30. The molecule has 0 aliphatic carbocycles. The summed E-state index contributed by atoms with van der Waals surface area (Å²) >= 11 is 0. The predicted molar refractivity (Wildman–Crippen MR) is 105 cm³/mol. The first kappa shape index (κ1) is 24.7. The van der Waals surface area contributed by atoms with Crippen LogP contribution in [0, 0.1) is 0 Å². The van der Waals surface area contributed by atoms with E-state index in [-0.39, 0.29) is 22.8 Å². The van der Waals surface area contributed by atoms with Crippen LogP contribution in [-0.2, 0) is 34.0 Å². The van der Waals surface area contributed by atoms with E-state index >= 15 is 0 Å². The van der Waals surface area contributed by atoms with Crippen molar-refractivity contribution in [2.24, 2.45) is 0 Å². The highest BCUT2D eigenvalue weighted by atomic mass is 32.2. The molecule has 0 fully saturated rings. The lowest BCUT2D eigenvalue weighted by molar-refractivity contribution is -0.163. The summed E-state index contributed by atoms with van der Waals surface area (Å²) in [6.07, 6.45) is 0.520. The summed E-state index contributed by atoms with van der Waals surface area (Å²) in [6.45, 7) is 2.87. The number of anilines is 1. The van der Waals surface area contributed by atoms with Crippen LogP contribution in [0.15, 0.2) is 29.2 Å². The molecule has 1 aromatic carbocycles. The zero-order chi connectivity index (χ0) is 22.0. The average molecular weight is 429 g/mol. The van der Waals surface area contributed by atoms with Gasteiger partial charge in [0, 0.05) is 13.5 Å². The van der Waals surface area contributed by atoms with E-state index in [0.29, 0.717) is 25.7 Å². The molecule has 0 bridgehead atoms. The molecule has 2 atom stereocenters. The average Bonchev–Trinajstić information content (AvgIpc) is 2.65. The Morgan fingerprint density at radius 2 is 1.79 bits per heavy atom. The molecule has 0 heterocycles. The topological polar surface area (TPSA) is 136 Å². The van der Waals surface area contributed by atoms with Gasteiger partial charge in [-0.15, -0.1) is 0 Å². The zero-order valence-electron chi connectivity index (χ0n) is 16.7. The van der Waals surface area contributed by atoms with Gasteiger partial charge in [-0.25, -0.2) is 4.79 Å². The molecule has 0 saturated carbocycles. The molecule has 0 aliphatic rings. The number of carbonyl (C=O) groups excluding carboxylic acids is 3. The van der Waals surface area contributed by atoms with Gasteiger partial charge in [-0.05, 0) is 45.2 Å². The summed E-state index contributed by atoms with van der Waals surface area (Å²) in [7, 11) is -3.07. The molecular formula is C19H27NO8S. The minimum atomic E-state index is -4.44. The monoisotopic (exact) mass is 429 g/mol. The fourth-order valence-corrected chi connectivity index (χ4v) is 3.12. The number of para-hydroxylation sites is 1. The smallest absolute Gasteiger partial charge is 0.335 e. The molecule has 29 heavy (non-hydrogen) atoms. The SMILES string of the molecule is COC(C)C(=O)OC(CCCCCC(=O)Nc1ccccc1S(=O)(=O)O)C(C)=O. The highest BCUT2D eigenvalue weighted by Crippen LogP contribution is 2.21. The van der Waals surface area contributed by atoms with Crippen molar-refractivity contribution in [2.45, 2.75) is 63.1 Å². The van der Waals surface area contributed by atoms with Gasteiger partial charge in [-0.3, -0.25) is 14.1 Å². The first-order chi connectivity index (χ1) is 13.6. The Balaban J connectivity index is 2.43. The summed E-state index contributed by atoms with van der Waals surface area (Å²) in [4.78, 5) is 35.0. The van der Waals surface area contributed by atoms with Crippen LogP contribution in [0.3, 0.4) is 0 Å². The van der Waals surface area contributed by atoms with Crippen molar-refractivity contribution in [3.05, 3.63) is 24.3 Å². The van der Waals surface area contributed by atoms with E-state index in [0.717, 1.165) is 0 Å². The number of carbonyl (C=O) groups is 3. The van der Waals surface area contributed by atoms with E-state index in [9.17, 15) is 27.4 Å². The summed E-state index contributed by atoms with van der Waals surface area (Å²) in [6, 6.07) is 5.55. The third-order valence-electron chi connectivity index (χ3n) is 4.21. The molecule has 9 nitrogen and oxygen atoms in total. The number of benzene rings is 1. The number of ether oxygens (including phenoxy) is 2. The molecule has 2 N–H and O–H groups in total. The van der Waals surface area contributed by atoms with E-state index < -0.39 is 34.2 Å². The Kier molecular flexibility index (Phi) is 9.93. The third kappa shape index (κ3) is 8.71. The molecule has 162 valence electrons. The molecule has 2 unspecified atom stereocenters. The minimum Gasteiger partial charge on any atom is -0.452 e. The summed E-state index contributed by atoms with van der Waals surface area (Å²) in [5, 5.41) is 2.46. The van der Waals surface area contributed by atoms with Crippen LogP contribution in [0.25, 0.3) is 0 Å². The van der Waals surface area contributed by atoms with Crippen molar-refractivity contribution in [3.8, 4) is 0 Å². The van der Waals surface area contributed by atoms with E-state index in [1.807, 2.05) is 0 Å². The zero-order valence-corrected chi connectivity index (χ0v) is 17.5. The molecule has 0 aromatic heterocycles. The molecule has 0 radical (unpaired) electrons. The molecule has 0 aliphatic heterocycles. The number of amides is 1. The lowest BCUT2D eigenvalue weighted by atomic mass is 10.1. The van der Waals surface area contributed by atoms with Gasteiger partial charge in [0.15, 0.2) is 18.0 Å². The predicted octanol–water partition coefficient (Wildman–Crippen LogP) is 2.36. The second-order valence-electron chi connectivity index (χ2n) is 6.53. The van der Waals surface area contributed by atoms with Crippen LogP contribution in [0.2, 0.25) is 0 Å². The van der Waals surface area contributed by atoms with Gasteiger partial charge in [0.25, 0.3) is 10.1 Å². The van der Waals surface area contributed by atoms with E-state index in [4.69, 9.17) is 9.47 Å². The lowest BCUT2D eigenvalue weighted by Crippen LogP contribution is -2.31. The fraction of sp³-hybridized carbons (Fsp3) is 0.526. The number of esters is 1. The van der Waals surface area contributed by atoms with Gasteiger partial charge < -0.3 is 14.8 Å². The number of ketones is 1. The minimum absolute atomic E-state index is 0.0100. The van der Waals surface area contributed by atoms with Crippen molar-refractivity contribution < 1.29 is 36.8 Å². The van der Waals surface area contributed by atoms with Crippen LogP contribution in [-0.4, -0.2) is 49.9 Å². The van der Waals surface area contributed by atoms with Crippen LogP contribution in [0.5, 0.6) is 0 Å². The maximum absolute atomic E-state index is 12.0. The Morgan fingerprint density at radius 1 is 1.14 bits per heavy atom. The van der Waals surface area contributed by atoms with E-state index in [2.05, 4.69) is 5.32 Å². The second kappa shape index (κ2) is 11.6. The summed E-state index contributed by atoms with van der Waals surface area (Å²) < 4.78 is 41.8. The maximum Gasteiger partial charge on any atom is 0.335 e. The Morgan fingerprint density at radius 3 is 2.38 bits per heavy atom. The molecule has 10 heteroatoms. The summed E-state index contributed by atoms with van der Waals surface area (Å²) in [5.74, 6) is -1.27. The van der Waals surface area contributed by atoms with Gasteiger partial charge in [0.05, 0.1) is 5.69 Å².